The lowest BCUT2D eigenvalue weighted by atomic mass is 10.1. The van der Waals surface area contributed by atoms with Gasteiger partial charge in [0.05, 0.1) is 17.5 Å². The molecule has 4 rings (SSSR count). The molecule has 6 heteroatoms. The molecule has 1 saturated heterocycles. The van der Waals surface area contributed by atoms with Crippen LogP contribution in [0, 0.1) is 20.8 Å². The highest BCUT2D eigenvalue weighted by molar-refractivity contribution is 5.83. The lowest BCUT2D eigenvalue weighted by Gasteiger charge is -2.29. The van der Waals surface area contributed by atoms with Gasteiger partial charge in [0, 0.05) is 0 Å². The molecular weight excluding hydrogens is 392 g/mol. The van der Waals surface area contributed by atoms with Crippen LogP contribution >= 0.6 is 0 Å². The molecule has 0 unspecified atom stereocenters. The standard InChI is InChI=1S/C25H30N2O4/c1-5-26-8-10-27(11-9-26)15-21-22(28)7-6-20-23(29)24(18(4)30-25(20)21)31-19-13-16(2)12-17(3)14-19/h6-7,12-14,28H,5,8-11,15H2,1-4H3/p+2. The van der Waals surface area contributed by atoms with Crippen LogP contribution in [0.3, 0.4) is 0 Å². The van der Waals surface area contributed by atoms with Crippen LogP contribution in [0.25, 0.3) is 11.0 Å². The number of piperazine rings is 1. The number of nitrogens with one attached hydrogen (secondary N) is 2. The number of quaternary nitrogens is 2. The summed E-state index contributed by atoms with van der Waals surface area (Å²) in [5.74, 6) is 1.41. The molecule has 2 aromatic carbocycles. The molecular formula is C25H32N2O4+2. The van der Waals surface area contributed by atoms with E-state index in [-0.39, 0.29) is 16.9 Å². The molecule has 3 aromatic rings. The summed E-state index contributed by atoms with van der Waals surface area (Å²) in [5, 5.41) is 11.0. The number of benzene rings is 2. The van der Waals surface area contributed by atoms with Crippen LogP contribution in [0.5, 0.6) is 17.2 Å². The van der Waals surface area contributed by atoms with E-state index in [0.29, 0.717) is 34.6 Å². The topological polar surface area (TPSA) is 68.5 Å². The van der Waals surface area contributed by atoms with E-state index in [4.69, 9.17) is 9.15 Å². The van der Waals surface area contributed by atoms with E-state index in [1.165, 1.54) is 4.90 Å². The smallest absolute Gasteiger partial charge is 0.235 e. The van der Waals surface area contributed by atoms with Crippen molar-refractivity contribution in [3.8, 4) is 17.2 Å². The van der Waals surface area contributed by atoms with Gasteiger partial charge >= 0.3 is 0 Å². The van der Waals surface area contributed by atoms with Crippen LogP contribution < -0.4 is 20.0 Å². The molecule has 6 nitrogen and oxygen atoms in total. The molecule has 0 amide bonds. The quantitative estimate of drug-likeness (QED) is 0.581. The number of likely N-dealkylation sites (N-methyl/N-ethyl adjacent to an activating group) is 1. The van der Waals surface area contributed by atoms with Gasteiger partial charge in [-0.3, -0.25) is 4.79 Å². The van der Waals surface area contributed by atoms with Crippen molar-refractivity contribution < 1.29 is 24.1 Å². The van der Waals surface area contributed by atoms with E-state index in [0.717, 1.165) is 43.9 Å². The Morgan fingerprint density at radius 1 is 1.00 bits per heavy atom. The predicted molar refractivity (Wildman–Crippen MR) is 121 cm³/mol. The predicted octanol–water partition coefficient (Wildman–Crippen LogP) is 1.52. The third kappa shape index (κ3) is 4.45. The molecule has 164 valence electrons. The van der Waals surface area contributed by atoms with E-state index in [1.54, 1.807) is 24.0 Å². The lowest BCUT2D eigenvalue weighted by Crippen LogP contribution is -3.27. The van der Waals surface area contributed by atoms with Gasteiger partial charge in [-0.05, 0) is 63.1 Å². The molecule has 0 radical (unpaired) electrons. The number of phenolic OH excluding ortho intramolecular Hbond substituents is 1. The first-order chi connectivity index (χ1) is 14.9. The van der Waals surface area contributed by atoms with Crippen LogP contribution in [0.1, 0.15) is 29.4 Å². The maximum Gasteiger partial charge on any atom is 0.235 e. The molecule has 1 aromatic heterocycles. The largest absolute Gasteiger partial charge is 0.507 e. The fraction of sp³-hybridized carbons (Fsp3) is 0.400. The minimum absolute atomic E-state index is 0.177. The van der Waals surface area contributed by atoms with Crippen LogP contribution in [0.15, 0.2) is 39.5 Å². The van der Waals surface area contributed by atoms with Crippen LogP contribution in [0.2, 0.25) is 0 Å². The first-order valence-corrected chi connectivity index (χ1v) is 11.1. The zero-order valence-electron chi connectivity index (χ0n) is 18.8. The molecule has 1 aliphatic heterocycles. The van der Waals surface area contributed by atoms with Gasteiger partial charge in [-0.1, -0.05) is 6.07 Å². The Labute approximate surface area is 182 Å². The Hall–Kier alpha value is -2.83. The van der Waals surface area contributed by atoms with Crippen LogP contribution in [-0.4, -0.2) is 37.8 Å². The van der Waals surface area contributed by atoms with Crippen molar-refractivity contribution in [3.63, 3.8) is 0 Å². The Morgan fingerprint density at radius 2 is 1.65 bits per heavy atom. The SMILES string of the molecule is CC[NH+]1CC[NH+](Cc2c(O)ccc3c(=O)c(Oc4cc(C)cc(C)c4)c(C)oc23)CC1. The Kier molecular flexibility index (Phi) is 6.03. The highest BCUT2D eigenvalue weighted by Crippen LogP contribution is 2.31. The monoisotopic (exact) mass is 424 g/mol. The molecule has 0 saturated carbocycles. The minimum Gasteiger partial charge on any atom is -0.507 e. The summed E-state index contributed by atoms with van der Waals surface area (Å²) in [6, 6.07) is 9.08. The van der Waals surface area contributed by atoms with Crippen molar-refractivity contribution in [3.05, 3.63) is 63.0 Å². The summed E-state index contributed by atoms with van der Waals surface area (Å²) >= 11 is 0. The number of aryl methyl sites for hydroxylation is 3. The van der Waals surface area contributed by atoms with Crippen molar-refractivity contribution in [2.24, 2.45) is 0 Å². The summed E-state index contributed by atoms with van der Waals surface area (Å²) in [6.45, 7) is 14.0. The maximum absolute atomic E-state index is 13.3. The van der Waals surface area contributed by atoms with Gasteiger partial charge in [-0.25, -0.2) is 0 Å². The first kappa shape index (κ1) is 21.4. The number of hydrogen-bond donors (Lipinski definition) is 3. The van der Waals surface area contributed by atoms with Crippen molar-refractivity contribution in [2.45, 2.75) is 34.2 Å². The Balaban J connectivity index is 1.70. The van der Waals surface area contributed by atoms with E-state index in [2.05, 4.69) is 13.0 Å². The van der Waals surface area contributed by atoms with Crippen molar-refractivity contribution in [2.75, 3.05) is 32.7 Å². The van der Waals surface area contributed by atoms with Gasteiger partial charge in [0.2, 0.25) is 11.2 Å². The lowest BCUT2D eigenvalue weighted by molar-refractivity contribution is -1.02. The van der Waals surface area contributed by atoms with Crippen molar-refractivity contribution in [1.82, 2.24) is 0 Å². The number of ether oxygens (including phenoxy) is 1. The van der Waals surface area contributed by atoms with Gasteiger partial charge in [-0.2, -0.15) is 0 Å². The van der Waals surface area contributed by atoms with Gasteiger partial charge in [0.15, 0.2) is 5.58 Å². The first-order valence-electron chi connectivity index (χ1n) is 11.1. The number of aromatic hydroxyl groups is 1. The molecule has 0 spiro atoms. The van der Waals surface area contributed by atoms with Gasteiger partial charge in [0.25, 0.3) is 0 Å². The second kappa shape index (κ2) is 8.73. The van der Waals surface area contributed by atoms with Crippen LogP contribution in [0.4, 0.5) is 0 Å². The molecule has 0 bridgehead atoms. The van der Waals surface area contributed by atoms with E-state index in [9.17, 15) is 9.90 Å². The number of fused-ring (bicyclic) bond motifs is 1. The molecule has 31 heavy (non-hydrogen) atoms. The van der Waals surface area contributed by atoms with Gasteiger partial charge < -0.3 is 24.1 Å². The summed E-state index contributed by atoms with van der Waals surface area (Å²) in [6.07, 6.45) is 0. The normalized spacial score (nSPS) is 19.0. The van der Waals surface area contributed by atoms with Crippen molar-refractivity contribution in [1.29, 1.82) is 0 Å². The highest BCUT2D eigenvalue weighted by atomic mass is 16.5. The summed E-state index contributed by atoms with van der Waals surface area (Å²) in [7, 11) is 0. The van der Waals surface area contributed by atoms with Gasteiger partial charge in [0.1, 0.15) is 50.0 Å². The zero-order chi connectivity index (χ0) is 22.1. The molecule has 1 aliphatic rings. The average molecular weight is 425 g/mol. The molecule has 1 fully saturated rings. The Bertz CT molecular complexity index is 1140. The molecule has 2 heterocycles. The zero-order valence-corrected chi connectivity index (χ0v) is 18.8. The second-order valence-electron chi connectivity index (χ2n) is 8.71. The number of hydrogen-bond acceptors (Lipinski definition) is 4. The summed E-state index contributed by atoms with van der Waals surface area (Å²) in [4.78, 5) is 16.3. The Morgan fingerprint density at radius 3 is 2.29 bits per heavy atom. The average Bonchev–Trinajstić information content (AvgIpc) is 2.73. The van der Waals surface area contributed by atoms with Crippen molar-refractivity contribution >= 4 is 11.0 Å². The number of phenols is 1. The third-order valence-corrected chi connectivity index (χ3v) is 6.27. The fourth-order valence-electron chi connectivity index (χ4n) is 4.53. The highest BCUT2D eigenvalue weighted by Gasteiger charge is 2.25. The summed E-state index contributed by atoms with van der Waals surface area (Å²) < 4.78 is 12.1. The second-order valence-corrected chi connectivity index (χ2v) is 8.71. The fourth-order valence-corrected chi connectivity index (χ4v) is 4.53. The molecule has 0 atom stereocenters. The van der Waals surface area contributed by atoms with Gasteiger partial charge in [-0.15, -0.1) is 0 Å². The molecule has 0 aliphatic carbocycles. The van der Waals surface area contributed by atoms with Crippen LogP contribution in [-0.2, 0) is 6.54 Å². The van der Waals surface area contributed by atoms with E-state index in [1.807, 2.05) is 26.0 Å². The third-order valence-electron chi connectivity index (χ3n) is 6.27. The minimum atomic E-state index is -0.214. The van der Waals surface area contributed by atoms with E-state index < -0.39 is 0 Å². The maximum atomic E-state index is 13.3. The number of rotatable bonds is 5. The van der Waals surface area contributed by atoms with E-state index >= 15 is 0 Å². The molecule has 3 N–H and O–H groups in total. The summed E-state index contributed by atoms with van der Waals surface area (Å²) in [5.41, 5.74) is 3.09.